The average molecular weight is 334 g/mol. The van der Waals surface area contributed by atoms with Crippen LogP contribution in [0.15, 0.2) is 0 Å². The van der Waals surface area contributed by atoms with Gasteiger partial charge in [-0.1, -0.05) is 22.6 Å². The molecule has 7 heteroatoms. The molecule has 2 rings (SSSR count). The normalized spacial score (nSPS) is 42.7. The number of hydrogen-bond donors (Lipinski definition) is 0. The standard InChI is InChI=1S/C7H11IO5S/c1-14(9,10)13-5-3-12-6-4(8)2-11-7(5)6/h4-7H,2-3H2,1H3. The number of fused-ring (bicyclic) bond motifs is 1. The van der Waals surface area contributed by atoms with E-state index in [0.29, 0.717) is 13.2 Å². The second-order valence-corrected chi connectivity index (χ2v) is 6.65. The van der Waals surface area contributed by atoms with E-state index >= 15 is 0 Å². The van der Waals surface area contributed by atoms with Crippen LogP contribution in [0, 0.1) is 0 Å². The molecule has 0 N–H and O–H groups in total. The van der Waals surface area contributed by atoms with Crippen molar-refractivity contribution < 1.29 is 22.1 Å². The van der Waals surface area contributed by atoms with Crippen molar-refractivity contribution in [3.63, 3.8) is 0 Å². The van der Waals surface area contributed by atoms with Crippen molar-refractivity contribution in [3.05, 3.63) is 0 Å². The first-order valence-electron chi connectivity index (χ1n) is 4.23. The molecular weight excluding hydrogens is 323 g/mol. The molecule has 4 unspecified atom stereocenters. The minimum absolute atomic E-state index is 0.0256. The summed E-state index contributed by atoms with van der Waals surface area (Å²) in [5, 5.41) is 0. The lowest BCUT2D eigenvalue weighted by Gasteiger charge is -2.14. The van der Waals surface area contributed by atoms with E-state index in [4.69, 9.17) is 13.7 Å². The van der Waals surface area contributed by atoms with Crippen molar-refractivity contribution in [1.29, 1.82) is 0 Å². The molecule has 0 aromatic rings. The van der Waals surface area contributed by atoms with Crippen molar-refractivity contribution in [2.45, 2.75) is 22.2 Å². The number of ether oxygens (including phenoxy) is 2. The first-order chi connectivity index (χ1) is 6.47. The van der Waals surface area contributed by atoms with Crippen LogP contribution >= 0.6 is 22.6 Å². The first-order valence-corrected chi connectivity index (χ1v) is 7.29. The van der Waals surface area contributed by atoms with E-state index in [9.17, 15) is 8.42 Å². The summed E-state index contributed by atoms with van der Waals surface area (Å²) in [6.45, 7) is 0.890. The summed E-state index contributed by atoms with van der Waals surface area (Å²) in [5.74, 6) is 0. The van der Waals surface area contributed by atoms with Gasteiger partial charge in [0.15, 0.2) is 0 Å². The molecule has 4 atom stereocenters. The molecule has 0 amide bonds. The van der Waals surface area contributed by atoms with Crippen LogP contribution in [0.25, 0.3) is 0 Å². The van der Waals surface area contributed by atoms with E-state index in [1.807, 2.05) is 0 Å². The van der Waals surface area contributed by atoms with E-state index < -0.39 is 16.2 Å². The van der Waals surface area contributed by atoms with Crippen LogP contribution in [0.4, 0.5) is 0 Å². The molecule has 0 aliphatic carbocycles. The van der Waals surface area contributed by atoms with Gasteiger partial charge < -0.3 is 9.47 Å². The summed E-state index contributed by atoms with van der Waals surface area (Å²) in [6.07, 6.45) is 0.306. The fourth-order valence-electron chi connectivity index (χ4n) is 1.72. The summed E-state index contributed by atoms with van der Waals surface area (Å²) in [5.41, 5.74) is 0. The molecule has 5 nitrogen and oxygen atoms in total. The Labute approximate surface area is 96.4 Å². The highest BCUT2D eigenvalue weighted by Gasteiger charge is 2.48. The lowest BCUT2D eigenvalue weighted by molar-refractivity contribution is 0.0341. The molecule has 0 spiro atoms. The Bertz CT molecular complexity index is 316. The van der Waals surface area contributed by atoms with Crippen molar-refractivity contribution in [3.8, 4) is 0 Å². The topological polar surface area (TPSA) is 61.8 Å². The molecule has 2 fully saturated rings. The Hall–Kier alpha value is 0.560. The third-order valence-electron chi connectivity index (χ3n) is 2.25. The van der Waals surface area contributed by atoms with Crippen LogP contribution in [0.3, 0.4) is 0 Å². The van der Waals surface area contributed by atoms with Gasteiger partial charge in [0.05, 0.1) is 23.4 Å². The Morgan fingerprint density at radius 1 is 1.29 bits per heavy atom. The van der Waals surface area contributed by atoms with Gasteiger partial charge in [-0.05, 0) is 0 Å². The van der Waals surface area contributed by atoms with Crippen LogP contribution in [-0.4, -0.2) is 50.1 Å². The molecule has 2 aliphatic heterocycles. The van der Waals surface area contributed by atoms with Crippen molar-refractivity contribution >= 4 is 32.7 Å². The van der Waals surface area contributed by atoms with Crippen LogP contribution in [0.5, 0.6) is 0 Å². The molecule has 0 saturated carbocycles. The molecule has 2 saturated heterocycles. The SMILES string of the molecule is CS(=O)(=O)OC1COC2C(I)COC12. The van der Waals surface area contributed by atoms with Crippen LogP contribution in [-0.2, 0) is 23.8 Å². The summed E-state index contributed by atoms with van der Waals surface area (Å²) in [4.78, 5) is 0. The highest BCUT2D eigenvalue weighted by Crippen LogP contribution is 2.33. The summed E-state index contributed by atoms with van der Waals surface area (Å²) in [6, 6.07) is 0. The summed E-state index contributed by atoms with van der Waals surface area (Å²) >= 11 is 2.24. The monoisotopic (exact) mass is 334 g/mol. The van der Waals surface area contributed by atoms with E-state index in [0.717, 1.165) is 6.26 Å². The fourth-order valence-corrected chi connectivity index (χ4v) is 3.16. The molecule has 2 heterocycles. The number of hydrogen-bond acceptors (Lipinski definition) is 5. The molecule has 2 aliphatic rings. The molecule has 0 aromatic heterocycles. The van der Waals surface area contributed by atoms with Crippen molar-refractivity contribution in [1.82, 2.24) is 0 Å². The van der Waals surface area contributed by atoms with Gasteiger partial charge in [0.1, 0.15) is 18.3 Å². The Balaban J connectivity index is 2.04. The van der Waals surface area contributed by atoms with Gasteiger partial charge in [0.25, 0.3) is 10.1 Å². The van der Waals surface area contributed by atoms with E-state index in [2.05, 4.69) is 22.6 Å². The van der Waals surface area contributed by atoms with Gasteiger partial charge in [0.2, 0.25) is 0 Å². The summed E-state index contributed by atoms with van der Waals surface area (Å²) < 4.78 is 37.9. The van der Waals surface area contributed by atoms with Gasteiger partial charge >= 0.3 is 0 Å². The molecule has 82 valence electrons. The maximum absolute atomic E-state index is 10.9. The molecule has 0 radical (unpaired) electrons. The van der Waals surface area contributed by atoms with Gasteiger partial charge in [-0.3, -0.25) is 4.18 Å². The molecule has 0 bridgehead atoms. The van der Waals surface area contributed by atoms with Crippen molar-refractivity contribution in [2.75, 3.05) is 19.5 Å². The quantitative estimate of drug-likeness (QED) is 0.402. The highest BCUT2D eigenvalue weighted by atomic mass is 127. The van der Waals surface area contributed by atoms with E-state index in [1.165, 1.54) is 0 Å². The van der Waals surface area contributed by atoms with E-state index in [1.54, 1.807) is 0 Å². The molecule has 14 heavy (non-hydrogen) atoms. The number of rotatable bonds is 2. The zero-order chi connectivity index (χ0) is 10.3. The molecule has 0 aromatic carbocycles. The number of alkyl halides is 1. The fraction of sp³-hybridized carbons (Fsp3) is 1.00. The maximum Gasteiger partial charge on any atom is 0.264 e. The lowest BCUT2D eigenvalue weighted by atomic mass is 10.1. The predicted molar refractivity (Wildman–Crippen MR) is 57.0 cm³/mol. The van der Waals surface area contributed by atoms with Gasteiger partial charge in [-0.25, -0.2) is 0 Å². The van der Waals surface area contributed by atoms with Gasteiger partial charge in [-0.2, -0.15) is 8.42 Å². The largest absolute Gasteiger partial charge is 0.371 e. The Morgan fingerprint density at radius 2 is 1.93 bits per heavy atom. The second kappa shape index (κ2) is 3.85. The highest BCUT2D eigenvalue weighted by molar-refractivity contribution is 14.1. The number of halogens is 1. The van der Waals surface area contributed by atoms with Gasteiger partial charge in [-0.15, -0.1) is 0 Å². The summed E-state index contributed by atoms with van der Waals surface area (Å²) in [7, 11) is -3.43. The van der Waals surface area contributed by atoms with E-state index in [-0.39, 0.29) is 16.1 Å². The second-order valence-electron chi connectivity index (χ2n) is 3.45. The minimum Gasteiger partial charge on any atom is -0.371 e. The minimum atomic E-state index is -3.43. The molecular formula is C7H11IO5S. The van der Waals surface area contributed by atoms with Crippen LogP contribution in [0.2, 0.25) is 0 Å². The third kappa shape index (κ3) is 2.21. The Morgan fingerprint density at radius 3 is 2.57 bits per heavy atom. The first kappa shape index (κ1) is 11.1. The smallest absolute Gasteiger partial charge is 0.264 e. The Kier molecular flexibility index (Phi) is 3.04. The van der Waals surface area contributed by atoms with Crippen LogP contribution < -0.4 is 0 Å². The zero-order valence-corrected chi connectivity index (χ0v) is 10.5. The maximum atomic E-state index is 10.9. The predicted octanol–water partition coefficient (Wildman–Crippen LogP) is -0.0676. The zero-order valence-electron chi connectivity index (χ0n) is 7.55. The van der Waals surface area contributed by atoms with Crippen LogP contribution in [0.1, 0.15) is 0 Å². The average Bonchev–Trinajstić information content (AvgIpc) is 2.55. The lowest BCUT2D eigenvalue weighted by Crippen LogP contribution is -2.32. The van der Waals surface area contributed by atoms with Gasteiger partial charge in [0, 0.05) is 0 Å². The van der Waals surface area contributed by atoms with Crippen molar-refractivity contribution in [2.24, 2.45) is 0 Å². The third-order valence-corrected chi connectivity index (χ3v) is 3.91.